The van der Waals surface area contributed by atoms with Crippen LogP contribution in [0.3, 0.4) is 0 Å². The van der Waals surface area contributed by atoms with Gasteiger partial charge in [-0.3, -0.25) is 14.6 Å². The van der Waals surface area contributed by atoms with E-state index in [0.717, 1.165) is 52.2 Å². The number of piperidine rings is 2. The van der Waals surface area contributed by atoms with Gasteiger partial charge in [0.2, 0.25) is 5.91 Å². The summed E-state index contributed by atoms with van der Waals surface area (Å²) in [7, 11) is 0. The predicted molar refractivity (Wildman–Crippen MR) is 106 cm³/mol. The molecular weight excluding hydrogens is 338 g/mol. The van der Waals surface area contributed by atoms with Crippen LogP contribution in [-0.2, 0) is 17.9 Å². The topological polar surface area (TPSA) is 44.6 Å². The number of nitrogens with zero attached hydrogens (tertiary/aromatic N) is 5. The van der Waals surface area contributed by atoms with Gasteiger partial charge in [-0.05, 0) is 52.0 Å². The van der Waals surface area contributed by atoms with Gasteiger partial charge in [-0.2, -0.15) is 0 Å². The number of carbonyl (C=O) groups is 1. The molecule has 3 aliphatic rings. The van der Waals surface area contributed by atoms with E-state index in [1.54, 1.807) is 0 Å². The van der Waals surface area contributed by atoms with E-state index in [4.69, 9.17) is 0 Å². The standard InChI is InChI=1S/C21H35N5O/c1-2-24-15-9-22-20(24)17-23-13-7-19(8-14-23)26-12-5-6-18(16-26)21(27)25-10-3-4-11-25/h9,15,18-19H,2-8,10-14,16-17H2,1H3/t18-/m1/s1. The number of amides is 1. The largest absolute Gasteiger partial charge is 0.342 e. The summed E-state index contributed by atoms with van der Waals surface area (Å²) in [6.45, 7) is 10.5. The Kier molecular flexibility index (Phi) is 6.13. The van der Waals surface area contributed by atoms with Crippen LogP contribution in [0.2, 0.25) is 0 Å². The summed E-state index contributed by atoms with van der Waals surface area (Å²) < 4.78 is 2.24. The van der Waals surface area contributed by atoms with Crippen molar-refractivity contribution in [2.45, 2.75) is 64.6 Å². The predicted octanol–water partition coefficient (Wildman–Crippen LogP) is 2.20. The molecular formula is C21H35N5O. The molecule has 3 saturated heterocycles. The first-order chi connectivity index (χ1) is 13.2. The molecule has 0 unspecified atom stereocenters. The molecule has 27 heavy (non-hydrogen) atoms. The molecule has 1 aromatic rings. The van der Waals surface area contributed by atoms with Crippen LogP contribution in [-0.4, -0.2) is 75.5 Å². The lowest BCUT2D eigenvalue weighted by Crippen LogP contribution is -2.51. The van der Waals surface area contributed by atoms with Gasteiger partial charge in [0.25, 0.3) is 0 Å². The van der Waals surface area contributed by atoms with Crippen LogP contribution < -0.4 is 0 Å². The number of carbonyl (C=O) groups excluding carboxylic acids is 1. The van der Waals surface area contributed by atoms with Crippen molar-refractivity contribution in [3.05, 3.63) is 18.2 Å². The quantitative estimate of drug-likeness (QED) is 0.794. The van der Waals surface area contributed by atoms with Crippen LogP contribution >= 0.6 is 0 Å². The van der Waals surface area contributed by atoms with Crippen molar-refractivity contribution in [1.29, 1.82) is 0 Å². The third kappa shape index (κ3) is 4.37. The molecule has 4 rings (SSSR count). The highest BCUT2D eigenvalue weighted by Gasteiger charge is 2.34. The van der Waals surface area contributed by atoms with Crippen LogP contribution in [0.25, 0.3) is 0 Å². The van der Waals surface area contributed by atoms with E-state index in [9.17, 15) is 4.79 Å². The summed E-state index contributed by atoms with van der Waals surface area (Å²) in [6, 6.07) is 0.654. The summed E-state index contributed by atoms with van der Waals surface area (Å²) in [4.78, 5) is 24.6. The molecule has 6 heteroatoms. The minimum absolute atomic E-state index is 0.243. The number of rotatable bonds is 5. The number of aromatic nitrogens is 2. The molecule has 0 aliphatic carbocycles. The zero-order chi connectivity index (χ0) is 18.6. The lowest BCUT2D eigenvalue weighted by atomic mass is 9.93. The normalized spacial score (nSPS) is 26.0. The molecule has 1 aromatic heterocycles. The molecule has 1 amide bonds. The second-order valence-electron chi connectivity index (χ2n) is 8.50. The summed E-state index contributed by atoms with van der Waals surface area (Å²) in [5, 5.41) is 0. The first-order valence-electron chi connectivity index (χ1n) is 11.0. The number of imidazole rings is 1. The first kappa shape index (κ1) is 18.9. The van der Waals surface area contributed by atoms with Gasteiger partial charge in [0, 0.05) is 57.7 Å². The van der Waals surface area contributed by atoms with Gasteiger partial charge in [0.1, 0.15) is 5.82 Å². The van der Waals surface area contributed by atoms with Crippen LogP contribution in [0, 0.1) is 5.92 Å². The lowest BCUT2D eigenvalue weighted by molar-refractivity contribution is -0.136. The third-order valence-electron chi connectivity index (χ3n) is 6.80. The van der Waals surface area contributed by atoms with Gasteiger partial charge in [0.05, 0.1) is 12.5 Å². The highest BCUT2D eigenvalue weighted by molar-refractivity contribution is 5.79. The monoisotopic (exact) mass is 373 g/mol. The van der Waals surface area contributed by atoms with E-state index < -0.39 is 0 Å². The highest BCUT2D eigenvalue weighted by atomic mass is 16.2. The van der Waals surface area contributed by atoms with Gasteiger partial charge in [0.15, 0.2) is 0 Å². The second-order valence-corrected chi connectivity index (χ2v) is 8.50. The van der Waals surface area contributed by atoms with E-state index >= 15 is 0 Å². The van der Waals surface area contributed by atoms with Crippen molar-refractivity contribution >= 4 is 5.91 Å². The Bertz CT molecular complexity index is 616. The van der Waals surface area contributed by atoms with Gasteiger partial charge >= 0.3 is 0 Å². The fourth-order valence-electron chi connectivity index (χ4n) is 5.16. The smallest absolute Gasteiger partial charge is 0.226 e. The Morgan fingerprint density at radius 2 is 1.85 bits per heavy atom. The maximum Gasteiger partial charge on any atom is 0.226 e. The Morgan fingerprint density at radius 1 is 1.07 bits per heavy atom. The van der Waals surface area contributed by atoms with E-state index in [1.165, 1.54) is 44.5 Å². The van der Waals surface area contributed by atoms with Crippen LogP contribution in [0.15, 0.2) is 12.4 Å². The molecule has 0 spiro atoms. The Morgan fingerprint density at radius 3 is 2.59 bits per heavy atom. The number of hydrogen-bond donors (Lipinski definition) is 0. The van der Waals surface area contributed by atoms with Crippen molar-refractivity contribution in [3.8, 4) is 0 Å². The summed E-state index contributed by atoms with van der Waals surface area (Å²) in [5.74, 6) is 1.86. The van der Waals surface area contributed by atoms with Gasteiger partial charge < -0.3 is 9.47 Å². The molecule has 0 bridgehead atoms. The van der Waals surface area contributed by atoms with Gasteiger partial charge in [-0.15, -0.1) is 0 Å². The molecule has 4 heterocycles. The van der Waals surface area contributed by atoms with E-state index in [1.807, 2.05) is 6.20 Å². The Balaban J connectivity index is 1.27. The third-order valence-corrected chi connectivity index (χ3v) is 6.80. The van der Waals surface area contributed by atoms with E-state index in [-0.39, 0.29) is 5.92 Å². The molecule has 0 N–H and O–H groups in total. The molecule has 3 aliphatic heterocycles. The average Bonchev–Trinajstić information content (AvgIpc) is 3.40. The number of aryl methyl sites for hydroxylation is 1. The highest BCUT2D eigenvalue weighted by Crippen LogP contribution is 2.26. The maximum atomic E-state index is 12.8. The second kappa shape index (κ2) is 8.74. The molecule has 6 nitrogen and oxygen atoms in total. The molecule has 0 aromatic carbocycles. The minimum atomic E-state index is 0.243. The molecule has 150 valence electrons. The Labute approximate surface area is 163 Å². The van der Waals surface area contributed by atoms with E-state index in [0.29, 0.717) is 11.9 Å². The zero-order valence-electron chi connectivity index (χ0n) is 16.9. The fraction of sp³-hybridized carbons (Fsp3) is 0.810. The molecule has 3 fully saturated rings. The first-order valence-corrected chi connectivity index (χ1v) is 11.0. The summed E-state index contributed by atoms with van der Waals surface area (Å²) in [5.41, 5.74) is 0. The van der Waals surface area contributed by atoms with Crippen LogP contribution in [0.4, 0.5) is 0 Å². The fourth-order valence-corrected chi connectivity index (χ4v) is 5.16. The van der Waals surface area contributed by atoms with E-state index in [2.05, 4.69) is 37.4 Å². The lowest BCUT2D eigenvalue weighted by Gasteiger charge is -2.42. The maximum absolute atomic E-state index is 12.8. The van der Waals surface area contributed by atoms with Crippen LogP contribution in [0.1, 0.15) is 51.3 Å². The van der Waals surface area contributed by atoms with Crippen molar-refractivity contribution in [2.24, 2.45) is 5.92 Å². The Hall–Kier alpha value is -1.40. The number of likely N-dealkylation sites (tertiary alicyclic amines) is 3. The summed E-state index contributed by atoms with van der Waals surface area (Å²) >= 11 is 0. The van der Waals surface area contributed by atoms with Gasteiger partial charge in [-0.1, -0.05) is 0 Å². The van der Waals surface area contributed by atoms with Crippen molar-refractivity contribution in [1.82, 2.24) is 24.3 Å². The minimum Gasteiger partial charge on any atom is -0.342 e. The summed E-state index contributed by atoms with van der Waals surface area (Å²) in [6.07, 6.45) is 11.1. The molecule has 0 saturated carbocycles. The zero-order valence-corrected chi connectivity index (χ0v) is 16.9. The van der Waals surface area contributed by atoms with Crippen molar-refractivity contribution in [3.63, 3.8) is 0 Å². The van der Waals surface area contributed by atoms with Crippen LogP contribution in [0.5, 0.6) is 0 Å². The van der Waals surface area contributed by atoms with Crippen molar-refractivity contribution < 1.29 is 4.79 Å². The van der Waals surface area contributed by atoms with Gasteiger partial charge in [-0.25, -0.2) is 4.98 Å². The number of hydrogen-bond acceptors (Lipinski definition) is 4. The average molecular weight is 374 g/mol. The van der Waals surface area contributed by atoms with Crippen molar-refractivity contribution in [2.75, 3.05) is 39.3 Å². The molecule has 0 radical (unpaired) electrons. The molecule has 1 atom stereocenters. The SMILES string of the molecule is CCn1ccnc1CN1CCC(N2CCC[C@@H](C(=O)N3CCCC3)C2)CC1.